The molecule has 2 nitrogen and oxygen atoms in total. The number of ether oxygens (including phenoxy) is 1. The zero-order valence-electron chi connectivity index (χ0n) is 21.3. The first-order valence-electron chi connectivity index (χ1n) is 14.5. The maximum absolute atomic E-state index is 11.1. The third-order valence-corrected chi connectivity index (χ3v) is 7.10. The largest absolute Gasteiger partial charge is 0.462 e. The van der Waals surface area contributed by atoms with Gasteiger partial charge in [0.25, 0.3) is 0 Å². The van der Waals surface area contributed by atoms with Crippen molar-refractivity contribution in [2.75, 3.05) is 0 Å². The SMILES string of the molecule is CCCCCCCCCCCCCCCCCCCCCCCCC[C@H]1CCC(=O)O1. The lowest BCUT2D eigenvalue weighted by molar-refractivity contribution is -0.141. The topological polar surface area (TPSA) is 26.3 Å². The molecule has 1 saturated heterocycles. The third kappa shape index (κ3) is 19.9. The number of rotatable bonds is 24. The van der Waals surface area contributed by atoms with E-state index in [0.717, 1.165) is 12.8 Å². The van der Waals surface area contributed by atoms with Gasteiger partial charge in [-0.2, -0.15) is 0 Å². The van der Waals surface area contributed by atoms with Crippen LogP contribution in [0, 0.1) is 0 Å². The highest BCUT2D eigenvalue weighted by molar-refractivity contribution is 5.71. The molecular weight excluding hydrogens is 380 g/mol. The van der Waals surface area contributed by atoms with Crippen LogP contribution in [0.4, 0.5) is 0 Å². The molecule has 184 valence electrons. The van der Waals surface area contributed by atoms with Crippen LogP contribution in [0.15, 0.2) is 0 Å². The molecule has 0 saturated carbocycles. The minimum absolute atomic E-state index is 0.0130. The first kappa shape index (κ1) is 28.5. The molecule has 0 aliphatic carbocycles. The Labute approximate surface area is 195 Å². The number of unbranched alkanes of at least 4 members (excludes halogenated alkanes) is 22. The number of carbonyl (C=O) groups is 1. The summed E-state index contributed by atoms with van der Waals surface area (Å²) in [5.41, 5.74) is 0. The van der Waals surface area contributed by atoms with Gasteiger partial charge in [-0.1, -0.05) is 148 Å². The molecule has 0 N–H and O–H groups in total. The molecule has 0 aromatic carbocycles. The van der Waals surface area contributed by atoms with Gasteiger partial charge in [-0.05, 0) is 19.3 Å². The Kier molecular flexibility index (Phi) is 20.8. The fraction of sp³-hybridized carbons (Fsp3) is 0.966. The van der Waals surface area contributed by atoms with E-state index in [1.807, 2.05) is 0 Å². The Balaban J connectivity index is 1.63. The summed E-state index contributed by atoms with van der Waals surface area (Å²) in [7, 11) is 0. The Hall–Kier alpha value is -0.530. The van der Waals surface area contributed by atoms with Gasteiger partial charge in [0.1, 0.15) is 6.10 Å². The Morgan fingerprint density at radius 2 is 0.871 bits per heavy atom. The second kappa shape index (κ2) is 22.7. The third-order valence-electron chi connectivity index (χ3n) is 7.10. The standard InChI is InChI=1S/C29H56O2/c1-2-3-4-5-6-7-8-9-10-11-12-13-14-15-16-17-18-19-20-21-22-23-24-25-28-26-27-29(30)31-28/h28H,2-27H2,1H3/t28-/m0/s1. The summed E-state index contributed by atoms with van der Waals surface area (Å²) in [5.74, 6) is 0.0130. The van der Waals surface area contributed by atoms with Gasteiger partial charge in [0.2, 0.25) is 0 Å². The van der Waals surface area contributed by atoms with Crippen molar-refractivity contribution < 1.29 is 9.53 Å². The lowest BCUT2D eigenvalue weighted by Gasteiger charge is -2.08. The van der Waals surface area contributed by atoms with Gasteiger partial charge in [0.15, 0.2) is 0 Å². The summed E-state index contributed by atoms with van der Waals surface area (Å²) in [5, 5.41) is 0. The van der Waals surface area contributed by atoms with E-state index in [-0.39, 0.29) is 12.1 Å². The summed E-state index contributed by atoms with van der Waals surface area (Å²) in [6.45, 7) is 2.30. The number of cyclic esters (lactones) is 1. The number of esters is 1. The fourth-order valence-electron chi connectivity index (χ4n) is 4.94. The van der Waals surface area contributed by atoms with Crippen molar-refractivity contribution in [3.05, 3.63) is 0 Å². The molecule has 31 heavy (non-hydrogen) atoms. The molecule has 1 aliphatic rings. The second-order valence-electron chi connectivity index (χ2n) is 10.2. The van der Waals surface area contributed by atoms with Crippen molar-refractivity contribution in [2.45, 2.75) is 180 Å². The van der Waals surface area contributed by atoms with Crippen LogP contribution in [0.25, 0.3) is 0 Å². The Morgan fingerprint density at radius 1 is 0.548 bits per heavy atom. The second-order valence-corrected chi connectivity index (χ2v) is 10.2. The molecule has 1 atom stereocenters. The van der Waals surface area contributed by atoms with Crippen LogP contribution in [-0.2, 0) is 9.53 Å². The van der Waals surface area contributed by atoms with Crippen LogP contribution in [0.1, 0.15) is 174 Å². The molecule has 2 heteroatoms. The lowest BCUT2D eigenvalue weighted by atomic mass is 10.0. The summed E-state index contributed by atoms with van der Waals surface area (Å²) < 4.78 is 5.27. The first-order valence-corrected chi connectivity index (χ1v) is 14.5. The molecule has 1 aliphatic heterocycles. The molecule has 0 unspecified atom stereocenters. The van der Waals surface area contributed by atoms with Crippen molar-refractivity contribution in [3.63, 3.8) is 0 Å². The zero-order chi connectivity index (χ0) is 22.2. The Bertz CT molecular complexity index is 379. The maximum Gasteiger partial charge on any atom is 0.306 e. The fourth-order valence-corrected chi connectivity index (χ4v) is 4.94. The molecule has 0 aromatic heterocycles. The van der Waals surface area contributed by atoms with E-state index in [1.165, 1.54) is 148 Å². The average Bonchev–Trinajstić information content (AvgIpc) is 3.19. The molecule has 1 rings (SSSR count). The van der Waals surface area contributed by atoms with Gasteiger partial charge >= 0.3 is 5.97 Å². The van der Waals surface area contributed by atoms with E-state index in [4.69, 9.17) is 4.74 Å². The Morgan fingerprint density at radius 3 is 1.16 bits per heavy atom. The van der Waals surface area contributed by atoms with Crippen LogP contribution >= 0.6 is 0 Å². The van der Waals surface area contributed by atoms with Gasteiger partial charge in [0, 0.05) is 6.42 Å². The zero-order valence-corrected chi connectivity index (χ0v) is 21.3. The van der Waals surface area contributed by atoms with Crippen molar-refractivity contribution in [1.82, 2.24) is 0 Å². The minimum atomic E-state index is 0.0130. The quantitative estimate of drug-likeness (QED) is 0.111. The van der Waals surface area contributed by atoms with E-state index < -0.39 is 0 Å². The number of hydrogen-bond acceptors (Lipinski definition) is 2. The number of carbonyl (C=O) groups excluding carboxylic acids is 1. The summed E-state index contributed by atoms with van der Waals surface area (Å²) >= 11 is 0. The molecule has 0 spiro atoms. The highest BCUT2D eigenvalue weighted by Crippen LogP contribution is 2.20. The average molecular weight is 437 g/mol. The molecule has 0 aromatic rings. The highest BCUT2D eigenvalue weighted by atomic mass is 16.5. The van der Waals surface area contributed by atoms with Gasteiger partial charge in [-0.15, -0.1) is 0 Å². The molecule has 1 fully saturated rings. The van der Waals surface area contributed by atoms with Crippen LogP contribution in [-0.4, -0.2) is 12.1 Å². The highest BCUT2D eigenvalue weighted by Gasteiger charge is 2.22. The van der Waals surface area contributed by atoms with Crippen LogP contribution in [0.2, 0.25) is 0 Å². The smallest absolute Gasteiger partial charge is 0.306 e. The number of hydrogen-bond donors (Lipinski definition) is 0. The van der Waals surface area contributed by atoms with E-state index >= 15 is 0 Å². The van der Waals surface area contributed by atoms with Crippen molar-refractivity contribution in [3.8, 4) is 0 Å². The van der Waals surface area contributed by atoms with E-state index in [0.29, 0.717) is 6.42 Å². The van der Waals surface area contributed by atoms with Crippen molar-refractivity contribution in [1.29, 1.82) is 0 Å². The minimum Gasteiger partial charge on any atom is -0.462 e. The monoisotopic (exact) mass is 436 g/mol. The molecule has 0 bridgehead atoms. The van der Waals surface area contributed by atoms with Crippen LogP contribution in [0.3, 0.4) is 0 Å². The predicted octanol–water partition coefficient (Wildman–Crippen LogP) is 10.1. The van der Waals surface area contributed by atoms with Crippen LogP contribution in [0.5, 0.6) is 0 Å². The first-order chi connectivity index (χ1) is 15.3. The summed E-state index contributed by atoms with van der Waals surface area (Å²) in [4.78, 5) is 11.1. The van der Waals surface area contributed by atoms with Crippen LogP contribution < -0.4 is 0 Å². The maximum atomic E-state index is 11.1. The molecule has 0 amide bonds. The molecule has 1 heterocycles. The van der Waals surface area contributed by atoms with E-state index in [1.54, 1.807) is 0 Å². The van der Waals surface area contributed by atoms with E-state index in [2.05, 4.69) is 6.92 Å². The van der Waals surface area contributed by atoms with Gasteiger partial charge in [-0.25, -0.2) is 0 Å². The summed E-state index contributed by atoms with van der Waals surface area (Å²) in [6, 6.07) is 0. The van der Waals surface area contributed by atoms with E-state index in [9.17, 15) is 4.79 Å². The molecule has 0 radical (unpaired) electrons. The van der Waals surface area contributed by atoms with Gasteiger partial charge in [-0.3, -0.25) is 4.79 Å². The van der Waals surface area contributed by atoms with Crippen molar-refractivity contribution >= 4 is 5.97 Å². The lowest BCUT2D eigenvalue weighted by Crippen LogP contribution is -2.06. The normalized spacial score (nSPS) is 16.2. The predicted molar refractivity (Wildman–Crippen MR) is 136 cm³/mol. The summed E-state index contributed by atoms with van der Waals surface area (Å²) in [6.07, 6.45) is 35.9. The van der Waals surface area contributed by atoms with Gasteiger partial charge in [0.05, 0.1) is 0 Å². The van der Waals surface area contributed by atoms with Gasteiger partial charge < -0.3 is 4.74 Å². The van der Waals surface area contributed by atoms with Crippen molar-refractivity contribution in [2.24, 2.45) is 0 Å². The molecular formula is C29H56O2.